The fourth-order valence-corrected chi connectivity index (χ4v) is 3.60. The molecule has 0 aliphatic heterocycles. The first-order chi connectivity index (χ1) is 16.1. The number of benzene rings is 2. The maximum Gasteiger partial charge on any atom is 0.322 e. The van der Waals surface area contributed by atoms with Crippen LogP contribution in [0.25, 0.3) is 5.69 Å². The van der Waals surface area contributed by atoms with Crippen molar-refractivity contribution in [3.63, 3.8) is 0 Å². The standard InChI is InChI=1S/C27H35N5O2/c1-7-14-31(26(34)28-21-12-8-10-19(2)15-21)18-25(33)29-24-17-23(27(4,5)6)30-32(24)22-13-9-11-20(3)16-22/h8-13,15-17H,7,14,18H2,1-6H3,(H,28,34)(H,29,33). The van der Waals surface area contributed by atoms with Gasteiger partial charge in [0.25, 0.3) is 0 Å². The van der Waals surface area contributed by atoms with Gasteiger partial charge >= 0.3 is 6.03 Å². The van der Waals surface area contributed by atoms with Gasteiger partial charge in [-0.2, -0.15) is 5.10 Å². The molecule has 0 radical (unpaired) electrons. The zero-order valence-electron chi connectivity index (χ0n) is 21.0. The Balaban J connectivity index is 1.80. The summed E-state index contributed by atoms with van der Waals surface area (Å²) in [6.07, 6.45) is 0.740. The normalized spacial score (nSPS) is 11.2. The molecule has 0 spiro atoms. The second kappa shape index (κ2) is 10.5. The first-order valence-electron chi connectivity index (χ1n) is 11.7. The van der Waals surface area contributed by atoms with Gasteiger partial charge in [-0.1, -0.05) is 52.0 Å². The molecule has 0 unspecified atom stereocenters. The quantitative estimate of drug-likeness (QED) is 0.476. The Morgan fingerprint density at radius 1 is 0.971 bits per heavy atom. The van der Waals surface area contributed by atoms with Crippen molar-refractivity contribution < 1.29 is 9.59 Å². The zero-order valence-corrected chi connectivity index (χ0v) is 21.0. The molecule has 3 rings (SSSR count). The highest BCUT2D eigenvalue weighted by Crippen LogP contribution is 2.26. The van der Waals surface area contributed by atoms with Crippen molar-refractivity contribution in [2.24, 2.45) is 0 Å². The summed E-state index contributed by atoms with van der Waals surface area (Å²) in [5.41, 5.74) is 4.41. The maximum absolute atomic E-state index is 13.0. The van der Waals surface area contributed by atoms with Gasteiger partial charge in [0, 0.05) is 23.7 Å². The third-order valence-electron chi connectivity index (χ3n) is 5.38. The predicted molar refractivity (Wildman–Crippen MR) is 138 cm³/mol. The summed E-state index contributed by atoms with van der Waals surface area (Å²) in [7, 11) is 0. The van der Waals surface area contributed by atoms with E-state index in [4.69, 9.17) is 5.10 Å². The third-order valence-corrected chi connectivity index (χ3v) is 5.38. The molecule has 2 N–H and O–H groups in total. The Hall–Kier alpha value is -3.61. The van der Waals surface area contributed by atoms with E-state index in [1.165, 1.54) is 4.90 Å². The van der Waals surface area contributed by atoms with E-state index in [1.807, 2.05) is 75.4 Å². The topological polar surface area (TPSA) is 79.3 Å². The van der Waals surface area contributed by atoms with Crippen molar-refractivity contribution in [3.8, 4) is 5.69 Å². The molecule has 0 aliphatic carbocycles. The highest BCUT2D eigenvalue weighted by atomic mass is 16.2. The van der Waals surface area contributed by atoms with E-state index >= 15 is 0 Å². The first-order valence-corrected chi connectivity index (χ1v) is 11.7. The average molecular weight is 462 g/mol. The van der Waals surface area contributed by atoms with Crippen molar-refractivity contribution in [2.45, 2.75) is 53.4 Å². The zero-order chi connectivity index (χ0) is 24.9. The number of urea groups is 1. The number of aryl methyl sites for hydroxylation is 2. The number of carbonyl (C=O) groups is 2. The summed E-state index contributed by atoms with van der Waals surface area (Å²) in [4.78, 5) is 27.4. The van der Waals surface area contributed by atoms with Crippen LogP contribution in [0.3, 0.4) is 0 Å². The number of rotatable bonds is 7. The fraction of sp³-hybridized carbons (Fsp3) is 0.370. The van der Waals surface area contributed by atoms with E-state index in [2.05, 4.69) is 31.4 Å². The number of aromatic nitrogens is 2. The largest absolute Gasteiger partial charge is 0.322 e. The van der Waals surface area contributed by atoms with Gasteiger partial charge in [0.1, 0.15) is 12.4 Å². The lowest BCUT2D eigenvalue weighted by molar-refractivity contribution is -0.116. The molecule has 34 heavy (non-hydrogen) atoms. The number of amides is 3. The van der Waals surface area contributed by atoms with Gasteiger partial charge < -0.3 is 15.5 Å². The number of nitrogens with one attached hydrogen (secondary N) is 2. The van der Waals surface area contributed by atoms with Gasteiger partial charge in [-0.3, -0.25) is 4.79 Å². The lowest BCUT2D eigenvalue weighted by atomic mass is 9.92. The second-order valence-corrected chi connectivity index (χ2v) is 9.68. The lowest BCUT2D eigenvalue weighted by Gasteiger charge is -2.22. The first kappa shape index (κ1) is 25.0. The molecule has 1 heterocycles. The Morgan fingerprint density at radius 3 is 2.26 bits per heavy atom. The van der Waals surface area contributed by atoms with Crippen LogP contribution in [0.2, 0.25) is 0 Å². The summed E-state index contributed by atoms with van der Waals surface area (Å²) in [6.45, 7) is 12.6. The third kappa shape index (κ3) is 6.47. The molecule has 0 bridgehead atoms. The highest BCUT2D eigenvalue weighted by molar-refractivity contribution is 5.96. The van der Waals surface area contributed by atoms with Crippen molar-refractivity contribution in [2.75, 3.05) is 23.7 Å². The number of nitrogens with zero attached hydrogens (tertiary/aromatic N) is 3. The van der Waals surface area contributed by atoms with Gasteiger partial charge in [-0.25, -0.2) is 9.48 Å². The lowest BCUT2D eigenvalue weighted by Crippen LogP contribution is -2.41. The van der Waals surface area contributed by atoms with Gasteiger partial charge in [-0.15, -0.1) is 0 Å². The summed E-state index contributed by atoms with van der Waals surface area (Å²) in [5, 5.41) is 10.6. The maximum atomic E-state index is 13.0. The molecule has 0 atom stereocenters. The minimum absolute atomic E-state index is 0.0602. The van der Waals surface area contributed by atoms with Crippen molar-refractivity contribution >= 4 is 23.4 Å². The van der Waals surface area contributed by atoms with Gasteiger partial charge in [-0.05, 0) is 55.7 Å². The molecule has 7 nitrogen and oxygen atoms in total. The van der Waals surface area contributed by atoms with Crippen molar-refractivity contribution in [1.82, 2.24) is 14.7 Å². The van der Waals surface area contributed by atoms with Gasteiger partial charge in [0.05, 0.1) is 11.4 Å². The minimum atomic E-state index is -0.301. The second-order valence-electron chi connectivity index (χ2n) is 9.68. The monoisotopic (exact) mass is 461 g/mol. The number of anilines is 2. The van der Waals surface area contributed by atoms with Crippen LogP contribution < -0.4 is 10.6 Å². The molecular formula is C27H35N5O2. The van der Waals surface area contributed by atoms with Crippen LogP contribution in [0.15, 0.2) is 54.6 Å². The summed E-state index contributed by atoms with van der Waals surface area (Å²) >= 11 is 0. The molecular weight excluding hydrogens is 426 g/mol. The van der Waals surface area contributed by atoms with E-state index < -0.39 is 0 Å². The fourth-order valence-electron chi connectivity index (χ4n) is 3.60. The molecule has 7 heteroatoms. The molecule has 3 aromatic rings. The molecule has 0 aliphatic rings. The van der Waals surface area contributed by atoms with Crippen LogP contribution in [0.5, 0.6) is 0 Å². The number of hydrogen-bond donors (Lipinski definition) is 2. The Morgan fingerprint density at radius 2 is 1.65 bits per heavy atom. The van der Waals surface area contributed by atoms with Crippen LogP contribution >= 0.6 is 0 Å². The van der Waals surface area contributed by atoms with E-state index in [-0.39, 0.29) is 23.9 Å². The van der Waals surface area contributed by atoms with E-state index in [9.17, 15) is 9.59 Å². The minimum Gasteiger partial charge on any atom is -0.315 e. The van der Waals surface area contributed by atoms with E-state index in [0.29, 0.717) is 18.1 Å². The number of hydrogen-bond acceptors (Lipinski definition) is 3. The SMILES string of the molecule is CCCN(CC(=O)Nc1cc(C(C)(C)C)nn1-c1cccc(C)c1)C(=O)Nc1cccc(C)c1. The Bertz CT molecular complexity index is 1160. The summed E-state index contributed by atoms with van der Waals surface area (Å²) in [5.74, 6) is 0.304. The van der Waals surface area contributed by atoms with E-state index in [1.54, 1.807) is 4.68 Å². The smallest absolute Gasteiger partial charge is 0.315 e. The van der Waals surface area contributed by atoms with Gasteiger partial charge in [0.15, 0.2) is 0 Å². The van der Waals surface area contributed by atoms with E-state index in [0.717, 1.165) is 28.9 Å². The molecule has 0 saturated heterocycles. The van der Waals surface area contributed by atoms with Crippen LogP contribution in [-0.4, -0.2) is 39.7 Å². The average Bonchev–Trinajstić information content (AvgIpc) is 3.17. The molecule has 180 valence electrons. The molecule has 3 amide bonds. The van der Waals surface area contributed by atoms with Crippen LogP contribution in [-0.2, 0) is 10.2 Å². The summed E-state index contributed by atoms with van der Waals surface area (Å²) < 4.78 is 1.75. The van der Waals surface area contributed by atoms with Gasteiger partial charge in [0.2, 0.25) is 5.91 Å². The van der Waals surface area contributed by atoms with Crippen molar-refractivity contribution in [1.29, 1.82) is 0 Å². The van der Waals surface area contributed by atoms with Crippen LogP contribution in [0.1, 0.15) is 50.9 Å². The summed E-state index contributed by atoms with van der Waals surface area (Å²) in [6, 6.07) is 17.2. The Kier molecular flexibility index (Phi) is 7.76. The van der Waals surface area contributed by atoms with Crippen molar-refractivity contribution in [3.05, 3.63) is 71.4 Å². The van der Waals surface area contributed by atoms with Crippen LogP contribution in [0.4, 0.5) is 16.3 Å². The molecule has 0 fully saturated rings. The number of carbonyl (C=O) groups excluding carboxylic acids is 2. The predicted octanol–water partition coefficient (Wildman–Crippen LogP) is 5.67. The highest BCUT2D eigenvalue weighted by Gasteiger charge is 2.23. The molecule has 2 aromatic carbocycles. The Labute approximate surface area is 202 Å². The molecule has 0 saturated carbocycles. The molecule has 1 aromatic heterocycles. The van der Waals surface area contributed by atoms with Crippen LogP contribution in [0, 0.1) is 13.8 Å².